The summed E-state index contributed by atoms with van der Waals surface area (Å²) in [6, 6.07) is 0. The van der Waals surface area contributed by atoms with Crippen molar-refractivity contribution in [2.24, 2.45) is 17.3 Å². The third-order valence-electron chi connectivity index (χ3n) is 3.30. The molecule has 0 bridgehead atoms. The van der Waals surface area contributed by atoms with Crippen LogP contribution in [0.4, 0.5) is 0 Å². The molecule has 0 saturated carbocycles. The fourth-order valence-electron chi connectivity index (χ4n) is 1.23. The van der Waals surface area contributed by atoms with Gasteiger partial charge in [-0.15, -0.1) is 0 Å². The highest BCUT2D eigenvalue weighted by Crippen LogP contribution is 2.24. The zero-order chi connectivity index (χ0) is 13.6. The van der Waals surface area contributed by atoms with Gasteiger partial charge in [0, 0.05) is 13.1 Å². The monoisotopic (exact) mass is 245 g/mol. The van der Waals surface area contributed by atoms with Gasteiger partial charge in [0.1, 0.15) is 0 Å². The molecule has 0 aliphatic carbocycles. The second-order valence-corrected chi connectivity index (χ2v) is 5.41. The first-order valence-electron chi connectivity index (χ1n) is 5.82. The first kappa shape index (κ1) is 15.9. The summed E-state index contributed by atoms with van der Waals surface area (Å²) < 4.78 is 0. The minimum Gasteiger partial charge on any atom is -0.481 e. The van der Waals surface area contributed by atoms with Crippen molar-refractivity contribution in [1.29, 1.82) is 0 Å². The minimum absolute atomic E-state index is 0.0618. The normalized spacial score (nSPS) is 13.7. The van der Waals surface area contributed by atoms with Crippen LogP contribution in [0.15, 0.2) is 0 Å². The van der Waals surface area contributed by atoms with Gasteiger partial charge in [-0.1, -0.05) is 27.7 Å². The maximum absolute atomic E-state index is 10.8. The van der Waals surface area contributed by atoms with Crippen molar-refractivity contribution < 1.29 is 19.8 Å². The Balaban J connectivity index is 4.15. The third kappa shape index (κ3) is 6.26. The lowest BCUT2D eigenvalue weighted by molar-refractivity contribution is -0.148. The molecule has 100 valence electrons. The Morgan fingerprint density at radius 3 is 2.12 bits per heavy atom. The van der Waals surface area contributed by atoms with E-state index in [0.29, 0.717) is 12.5 Å². The summed E-state index contributed by atoms with van der Waals surface area (Å²) in [5.74, 6) is -2.54. The molecule has 0 rings (SSSR count). The molecule has 0 saturated heterocycles. The Hall–Kier alpha value is -1.10. The number of nitrogens with one attached hydrogen (secondary N) is 1. The summed E-state index contributed by atoms with van der Waals surface area (Å²) in [7, 11) is 0. The maximum Gasteiger partial charge on any atom is 0.308 e. The van der Waals surface area contributed by atoms with E-state index in [2.05, 4.69) is 33.0 Å². The molecule has 5 heteroatoms. The predicted octanol–water partition coefficient (Wildman–Crippen LogP) is 1.43. The summed E-state index contributed by atoms with van der Waals surface area (Å²) in [6.07, 6.45) is -0.343. The average molecular weight is 245 g/mol. The molecule has 0 heterocycles. The molecule has 5 nitrogen and oxygen atoms in total. The summed E-state index contributed by atoms with van der Waals surface area (Å²) in [5, 5.41) is 20.5. The van der Waals surface area contributed by atoms with Gasteiger partial charge in [-0.3, -0.25) is 9.59 Å². The molecule has 0 aromatic carbocycles. The molecule has 0 radical (unpaired) electrons. The zero-order valence-corrected chi connectivity index (χ0v) is 11.0. The van der Waals surface area contributed by atoms with Crippen molar-refractivity contribution in [3.05, 3.63) is 0 Å². The largest absolute Gasteiger partial charge is 0.481 e. The van der Waals surface area contributed by atoms with Crippen LogP contribution in [0.5, 0.6) is 0 Å². The van der Waals surface area contributed by atoms with Crippen LogP contribution >= 0.6 is 0 Å². The van der Waals surface area contributed by atoms with Crippen LogP contribution in [-0.4, -0.2) is 35.2 Å². The van der Waals surface area contributed by atoms with Crippen molar-refractivity contribution in [3.63, 3.8) is 0 Å². The molecule has 0 aromatic rings. The summed E-state index contributed by atoms with van der Waals surface area (Å²) in [5.41, 5.74) is 0.0618. The van der Waals surface area contributed by atoms with Crippen molar-refractivity contribution in [2.75, 3.05) is 13.1 Å². The molecular formula is C12H23NO4. The highest BCUT2D eigenvalue weighted by molar-refractivity contribution is 5.77. The highest BCUT2D eigenvalue weighted by atomic mass is 16.4. The van der Waals surface area contributed by atoms with Crippen LogP contribution in [0.25, 0.3) is 0 Å². The van der Waals surface area contributed by atoms with Crippen molar-refractivity contribution in [2.45, 2.75) is 34.1 Å². The molecule has 0 fully saturated rings. The maximum atomic E-state index is 10.8. The molecular weight excluding hydrogens is 222 g/mol. The number of carbonyl (C=O) groups is 2. The van der Waals surface area contributed by atoms with Crippen molar-refractivity contribution >= 4 is 11.9 Å². The Morgan fingerprint density at radius 2 is 1.76 bits per heavy atom. The first-order chi connectivity index (χ1) is 7.66. The van der Waals surface area contributed by atoms with Gasteiger partial charge < -0.3 is 15.5 Å². The molecule has 1 unspecified atom stereocenters. The fourth-order valence-corrected chi connectivity index (χ4v) is 1.23. The van der Waals surface area contributed by atoms with E-state index < -0.39 is 17.9 Å². The summed E-state index contributed by atoms with van der Waals surface area (Å²) >= 11 is 0. The molecule has 17 heavy (non-hydrogen) atoms. The number of hydrogen-bond acceptors (Lipinski definition) is 3. The first-order valence-corrected chi connectivity index (χ1v) is 5.82. The van der Waals surface area contributed by atoms with E-state index in [9.17, 15) is 9.59 Å². The number of hydrogen-bond donors (Lipinski definition) is 3. The molecule has 0 spiro atoms. The van der Waals surface area contributed by atoms with E-state index in [1.807, 2.05) is 0 Å². The Labute approximate surface area is 102 Å². The van der Waals surface area contributed by atoms with Gasteiger partial charge in [0.2, 0.25) is 0 Å². The van der Waals surface area contributed by atoms with Crippen molar-refractivity contribution in [3.8, 4) is 0 Å². The fraction of sp³-hybridized carbons (Fsp3) is 0.833. The van der Waals surface area contributed by atoms with Gasteiger partial charge in [-0.2, -0.15) is 0 Å². The lowest BCUT2D eigenvalue weighted by Gasteiger charge is -2.30. The van der Waals surface area contributed by atoms with Gasteiger partial charge in [0.25, 0.3) is 0 Å². The van der Waals surface area contributed by atoms with Gasteiger partial charge in [0.05, 0.1) is 12.3 Å². The highest BCUT2D eigenvalue weighted by Gasteiger charge is 2.24. The van der Waals surface area contributed by atoms with E-state index in [0.717, 1.165) is 0 Å². The smallest absolute Gasteiger partial charge is 0.308 e. The van der Waals surface area contributed by atoms with Crippen LogP contribution in [0.1, 0.15) is 34.1 Å². The Bertz CT molecular complexity index is 274. The van der Waals surface area contributed by atoms with E-state index in [1.165, 1.54) is 0 Å². The van der Waals surface area contributed by atoms with Crippen LogP contribution < -0.4 is 5.32 Å². The van der Waals surface area contributed by atoms with E-state index in [-0.39, 0.29) is 18.4 Å². The minimum atomic E-state index is -1.08. The number of rotatable bonds is 8. The van der Waals surface area contributed by atoms with Gasteiger partial charge in [-0.25, -0.2) is 0 Å². The molecule has 3 N–H and O–H groups in total. The van der Waals surface area contributed by atoms with Crippen LogP contribution in [-0.2, 0) is 9.59 Å². The predicted molar refractivity (Wildman–Crippen MR) is 64.9 cm³/mol. The van der Waals surface area contributed by atoms with Crippen LogP contribution in [0.3, 0.4) is 0 Å². The second-order valence-electron chi connectivity index (χ2n) is 5.41. The lowest BCUT2D eigenvalue weighted by Crippen LogP contribution is -2.38. The van der Waals surface area contributed by atoms with E-state index in [4.69, 9.17) is 10.2 Å². The number of carboxylic acid groups (broad SMARTS) is 2. The topological polar surface area (TPSA) is 86.6 Å². The van der Waals surface area contributed by atoms with Crippen LogP contribution in [0, 0.1) is 17.3 Å². The quantitative estimate of drug-likeness (QED) is 0.602. The Morgan fingerprint density at radius 1 is 1.24 bits per heavy atom. The van der Waals surface area contributed by atoms with E-state index >= 15 is 0 Å². The SMILES string of the molecule is CC(C)C(C)(C)CNCC(CC(=O)O)C(=O)O. The van der Waals surface area contributed by atoms with Gasteiger partial charge in [-0.05, 0) is 11.3 Å². The van der Waals surface area contributed by atoms with Gasteiger partial charge in [0.15, 0.2) is 0 Å². The summed E-state index contributed by atoms with van der Waals surface area (Å²) in [4.78, 5) is 21.3. The second kappa shape index (κ2) is 6.59. The zero-order valence-electron chi connectivity index (χ0n) is 11.0. The molecule has 0 aliphatic rings. The summed E-state index contributed by atoms with van der Waals surface area (Å²) in [6.45, 7) is 9.27. The molecule has 0 aromatic heterocycles. The number of carboxylic acids is 2. The third-order valence-corrected chi connectivity index (χ3v) is 3.30. The molecule has 0 aliphatic heterocycles. The number of aliphatic carboxylic acids is 2. The van der Waals surface area contributed by atoms with Crippen LogP contribution in [0.2, 0.25) is 0 Å². The lowest BCUT2D eigenvalue weighted by atomic mass is 9.81. The Kier molecular flexibility index (Phi) is 6.16. The van der Waals surface area contributed by atoms with E-state index in [1.54, 1.807) is 0 Å². The molecule has 0 amide bonds. The van der Waals surface area contributed by atoms with Gasteiger partial charge >= 0.3 is 11.9 Å². The van der Waals surface area contributed by atoms with Crippen molar-refractivity contribution in [1.82, 2.24) is 5.32 Å². The average Bonchev–Trinajstić information content (AvgIpc) is 2.14. The standard InChI is InChI=1S/C12H23NO4/c1-8(2)12(3,4)7-13-6-9(11(16)17)5-10(14)15/h8-9,13H,5-7H2,1-4H3,(H,14,15)(H,16,17). The molecule has 1 atom stereocenters.